The molecule has 11 nitrogen and oxygen atoms in total. The number of esters is 1. The van der Waals surface area contributed by atoms with Gasteiger partial charge in [-0.05, 0) is 33.3 Å². The van der Waals surface area contributed by atoms with E-state index in [1.165, 1.54) is 18.2 Å². The molecular formula is C18H26N4O7. The second-order valence-electron chi connectivity index (χ2n) is 7.05. The fourth-order valence-corrected chi connectivity index (χ4v) is 2.30. The van der Waals surface area contributed by atoms with E-state index in [0.29, 0.717) is 5.69 Å². The number of nitrogens with one attached hydrogen (secondary N) is 3. The summed E-state index contributed by atoms with van der Waals surface area (Å²) in [7, 11) is 2.77. The number of benzene rings is 1. The van der Waals surface area contributed by atoms with Crippen molar-refractivity contribution >= 4 is 35.0 Å². The fraction of sp³-hybridized carbons (Fsp3) is 0.500. The Morgan fingerprint density at radius 2 is 1.86 bits per heavy atom. The van der Waals surface area contributed by atoms with Crippen molar-refractivity contribution in [3.63, 3.8) is 0 Å². The van der Waals surface area contributed by atoms with Gasteiger partial charge < -0.3 is 25.4 Å². The molecule has 0 spiro atoms. The Bertz CT molecular complexity index is 774. The van der Waals surface area contributed by atoms with Crippen LogP contribution in [0.1, 0.15) is 33.6 Å². The van der Waals surface area contributed by atoms with Crippen LogP contribution in [0.2, 0.25) is 0 Å². The van der Waals surface area contributed by atoms with Gasteiger partial charge in [-0.15, -0.1) is 0 Å². The minimum Gasteiger partial charge on any atom is -0.467 e. The summed E-state index contributed by atoms with van der Waals surface area (Å²) >= 11 is 0. The lowest BCUT2D eigenvalue weighted by atomic mass is 10.1. The highest BCUT2D eigenvalue weighted by molar-refractivity contribution is 5.95. The number of nitro benzene ring substituents is 1. The lowest BCUT2D eigenvalue weighted by Crippen LogP contribution is -2.44. The molecule has 3 N–H and O–H groups in total. The van der Waals surface area contributed by atoms with E-state index in [1.54, 1.807) is 27.8 Å². The van der Waals surface area contributed by atoms with E-state index in [9.17, 15) is 24.5 Å². The van der Waals surface area contributed by atoms with Crippen LogP contribution < -0.4 is 16.0 Å². The molecule has 0 radical (unpaired) electrons. The van der Waals surface area contributed by atoms with Crippen molar-refractivity contribution in [2.24, 2.45) is 0 Å². The molecule has 0 heterocycles. The van der Waals surface area contributed by atoms with Crippen molar-refractivity contribution in [3.05, 3.63) is 28.3 Å². The van der Waals surface area contributed by atoms with Gasteiger partial charge in [0.15, 0.2) is 0 Å². The van der Waals surface area contributed by atoms with Crippen LogP contribution in [0, 0.1) is 10.1 Å². The second-order valence-corrected chi connectivity index (χ2v) is 7.05. The maximum absolute atomic E-state index is 12.3. The van der Waals surface area contributed by atoms with E-state index in [0.717, 1.165) is 7.11 Å². The molecule has 11 heteroatoms. The molecule has 0 aromatic heterocycles. The molecule has 1 aromatic carbocycles. The van der Waals surface area contributed by atoms with Crippen LogP contribution in [-0.4, -0.2) is 48.7 Å². The van der Waals surface area contributed by atoms with Crippen LogP contribution in [0.3, 0.4) is 0 Å². The molecule has 0 aliphatic rings. The topological polar surface area (TPSA) is 149 Å². The first-order valence-corrected chi connectivity index (χ1v) is 8.80. The molecule has 0 saturated carbocycles. The van der Waals surface area contributed by atoms with Gasteiger partial charge in [-0.3, -0.25) is 14.9 Å². The molecule has 0 saturated heterocycles. The van der Waals surface area contributed by atoms with E-state index in [4.69, 9.17) is 4.74 Å². The summed E-state index contributed by atoms with van der Waals surface area (Å²) in [5.74, 6) is -1.23. The molecule has 0 aliphatic heterocycles. The fourth-order valence-electron chi connectivity index (χ4n) is 2.30. The van der Waals surface area contributed by atoms with Crippen LogP contribution in [0.4, 0.5) is 21.9 Å². The molecule has 0 fully saturated rings. The van der Waals surface area contributed by atoms with Gasteiger partial charge in [-0.25, -0.2) is 9.59 Å². The van der Waals surface area contributed by atoms with Crippen LogP contribution in [0.25, 0.3) is 0 Å². The predicted octanol–water partition coefficient (Wildman–Crippen LogP) is 2.42. The van der Waals surface area contributed by atoms with Crippen LogP contribution >= 0.6 is 0 Å². The summed E-state index contributed by atoms with van der Waals surface area (Å²) in [6.07, 6.45) is -1.02. The van der Waals surface area contributed by atoms with Crippen molar-refractivity contribution in [3.8, 4) is 0 Å². The van der Waals surface area contributed by atoms with Crippen molar-refractivity contribution in [2.45, 2.75) is 45.3 Å². The molecular weight excluding hydrogens is 384 g/mol. The maximum atomic E-state index is 12.3. The number of non-ortho nitro benzene ring substituents is 1. The standard InChI is InChI=1S/C18H26N4O7/c1-18(2,3)29-17(25)21-13(16(24)28-5)8-9-15(23)20-14-10-11(22(26)27)6-7-12(14)19-4/h6-7,10,13,19H,8-9H2,1-5H3,(H,20,23)(H,21,25)/t13-/m0/s1. The Morgan fingerprint density at radius 3 is 2.38 bits per heavy atom. The molecule has 160 valence electrons. The highest BCUT2D eigenvalue weighted by atomic mass is 16.6. The number of ether oxygens (including phenoxy) is 2. The molecule has 0 unspecified atom stereocenters. The average molecular weight is 410 g/mol. The molecule has 0 aliphatic carbocycles. The zero-order chi connectivity index (χ0) is 22.2. The highest BCUT2D eigenvalue weighted by Crippen LogP contribution is 2.27. The van der Waals surface area contributed by atoms with Gasteiger partial charge in [0.05, 0.1) is 23.4 Å². The lowest BCUT2D eigenvalue weighted by molar-refractivity contribution is -0.384. The molecule has 2 amide bonds. The van der Waals surface area contributed by atoms with Gasteiger partial charge in [0.25, 0.3) is 5.69 Å². The summed E-state index contributed by atoms with van der Waals surface area (Å²) in [6, 6.07) is 2.91. The maximum Gasteiger partial charge on any atom is 0.408 e. The number of methoxy groups -OCH3 is 1. The number of rotatable bonds is 8. The first-order valence-electron chi connectivity index (χ1n) is 8.80. The predicted molar refractivity (Wildman–Crippen MR) is 106 cm³/mol. The number of hydrogen-bond acceptors (Lipinski definition) is 8. The van der Waals surface area contributed by atoms with Crippen molar-refractivity contribution in [1.29, 1.82) is 0 Å². The monoisotopic (exact) mass is 410 g/mol. The Labute approximate surface area is 168 Å². The number of carbonyl (C=O) groups is 3. The number of nitrogens with zero attached hydrogens (tertiary/aromatic N) is 1. The molecule has 1 rings (SSSR count). The van der Waals surface area contributed by atoms with Gasteiger partial charge in [0.1, 0.15) is 11.6 Å². The highest BCUT2D eigenvalue weighted by Gasteiger charge is 2.25. The van der Waals surface area contributed by atoms with Crippen molar-refractivity contribution < 1.29 is 28.8 Å². The van der Waals surface area contributed by atoms with Crippen molar-refractivity contribution in [1.82, 2.24) is 5.32 Å². The van der Waals surface area contributed by atoms with Crippen LogP contribution in [0.15, 0.2) is 18.2 Å². The van der Waals surface area contributed by atoms with Gasteiger partial charge in [0.2, 0.25) is 5.91 Å². The first-order chi connectivity index (χ1) is 13.5. The van der Waals surface area contributed by atoms with E-state index >= 15 is 0 Å². The third-order valence-electron chi connectivity index (χ3n) is 3.59. The normalized spacial score (nSPS) is 11.8. The number of amides is 2. The largest absolute Gasteiger partial charge is 0.467 e. The van der Waals surface area contributed by atoms with Crippen molar-refractivity contribution in [2.75, 3.05) is 24.8 Å². The van der Waals surface area contributed by atoms with E-state index in [-0.39, 0.29) is 24.2 Å². The summed E-state index contributed by atoms with van der Waals surface area (Å²) in [5.41, 5.74) is -0.228. The minimum absolute atomic E-state index is 0.0540. The number of nitro groups is 1. The number of alkyl carbamates (subject to hydrolysis) is 1. The molecule has 1 atom stereocenters. The summed E-state index contributed by atoms with van der Waals surface area (Å²) in [4.78, 5) is 46.4. The minimum atomic E-state index is -1.09. The molecule has 1 aromatic rings. The van der Waals surface area contributed by atoms with E-state index < -0.39 is 34.5 Å². The van der Waals surface area contributed by atoms with Gasteiger partial charge in [0, 0.05) is 25.6 Å². The van der Waals surface area contributed by atoms with E-state index in [1.807, 2.05) is 0 Å². The quantitative estimate of drug-likeness (QED) is 0.336. The smallest absolute Gasteiger partial charge is 0.408 e. The average Bonchev–Trinajstić information content (AvgIpc) is 2.62. The Kier molecular flexibility index (Phi) is 8.37. The Balaban J connectivity index is 2.79. The Hall–Kier alpha value is -3.37. The Morgan fingerprint density at radius 1 is 1.21 bits per heavy atom. The first kappa shape index (κ1) is 23.7. The number of carbonyl (C=O) groups excluding carboxylic acids is 3. The lowest BCUT2D eigenvalue weighted by Gasteiger charge is -2.22. The number of anilines is 2. The second kappa shape index (κ2) is 10.2. The third kappa shape index (κ3) is 8.03. The van der Waals surface area contributed by atoms with Crippen LogP contribution in [-0.2, 0) is 19.1 Å². The van der Waals surface area contributed by atoms with E-state index in [2.05, 4.69) is 20.7 Å². The zero-order valence-corrected chi connectivity index (χ0v) is 17.0. The molecule has 29 heavy (non-hydrogen) atoms. The van der Waals surface area contributed by atoms with Gasteiger partial charge >= 0.3 is 12.1 Å². The van der Waals surface area contributed by atoms with Crippen LogP contribution in [0.5, 0.6) is 0 Å². The summed E-state index contributed by atoms with van der Waals surface area (Å²) in [6.45, 7) is 5.02. The summed E-state index contributed by atoms with van der Waals surface area (Å²) in [5, 5.41) is 18.7. The van der Waals surface area contributed by atoms with Gasteiger partial charge in [-0.1, -0.05) is 0 Å². The number of hydrogen-bond donors (Lipinski definition) is 3. The molecule has 0 bridgehead atoms. The summed E-state index contributed by atoms with van der Waals surface area (Å²) < 4.78 is 9.75. The SMILES string of the molecule is CNc1ccc([N+](=O)[O-])cc1NC(=O)CC[C@H](NC(=O)OC(C)(C)C)C(=O)OC. The zero-order valence-electron chi connectivity index (χ0n) is 17.0. The third-order valence-corrected chi connectivity index (χ3v) is 3.59. The van der Waals surface area contributed by atoms with Gasteiger partial charge in [-0.2, -0.15) is 0 Å².